The molecule has 0 saturated heterocycles. The minimum atomic E-state index is -1.53. The lowest BCUT2D eigenvalue weighted by Gasteiger charge is -2.12. The fourth-order valence-electron chi connectivity index (χ4n) is 3.10. The number of carbonyl (C=O) groups excluding carboxylic acids is 2. The lowest BCUT2D eigenvalue weighted by Crippen LogP contribution is -2.18. The molecule has 0 bridgehead atoms. The van der Waals surface area contributed by atoms with Gasteiger partial charge in [-0.05, 0) is 49.7 Å². The number of rotatable bonds is 7. The number of hydrogen-bond acceptors (Lipinski definition) is 5. The first-order chi connectivity index (χ1) is 14.0. The SMILES string of the molecule is CCOC(=O)C(=O)c1cc(-c2ccc(S(=O)OC)cc2)n(-c2ccccc2)c1C. The molecule has 2 aromatic carbocycles. The van der Waals surface area contributed by atoms with Crippen LogP contribution in [0, 0.1) is 6.92 Å². The molecule has 0 radical (unpaired) electrons. The van der Waals surface area contributed by atoms with Crippen molar-refractivity contribution in [3.63, 3.8) is 0 Å². The molecule has 0 N–H and O–H groups in total. The van der Waals surface area contributed by atoms with Crippen LogP contribution in [0.2, 0.25) is 0 Å². The van der Waals surface area contributed by atoms with Crippen LogP contribution in [0.5, 0.6) is 0 Å². The van der Waals surface area contributed by atoms with Gasteiger partial charge in [-0.25, -0.2) is 9.00 Å². The normalized spacial score (nSPS) is 11.8. The van der Waals surface area contributed by atoms with Gasteiger partial charge in [0.25, 0.3) is 5.78 Å². The van der Waals surface area contributed by atoms with Crippen molar-refractivity contribution in [1.29, 1.82) is 0 Å². The second-order valence-corrected chi connectivity index (χ2v) is 7.45. The summed E-state index contributed by atoms with van der Waals surface area (Å²) < 4.78 is 23.5. The van der Waals surface area contributed by atoms with Gasteiger partial charge in [0.1, 0.15) is 0 Å². The molecule has 0 aliphatic carbocycles. The van der Waals surface area contributed by atoms with Crippen LogP contribution >= 0.6 is 0 Å². The number of benzene rings is 2. The molecule has 0 aliphatic rings. The van der Waals surface area contributed by atoms with E-state index in [0.717, 1.165) is 16.9 Å². The maximum absolute atomic E-state index is 12.6. The third-order valence-electron chi connectivity index (χ3n) is 4.46. The highest BCUT2D eigenvalue weighted by Gasteiger charge is 2.25. The van der Waals surface area contributed by atoms with Gasteiger partial charge in [0.05, 0.1) is 29.9 Å². The molecule has 6 nitrogen and oxygen atoms in total. The van der Waals surface area contributed by atoms with E-state index in [1.54, 1.807) is 44.2 Å². The molecular formula is C22H21NO5S. The molecule has 3 rings (SSSR count). The fourth-order valence-corrected chi connectivity index (χ4v) is 3.65. The summed E-state index contributed by atoms with van der Waals surface area (Å²) in [6, 6.07) is 18.3. The number of ether oxygens (including phenoxy) is 1. The largest absolute Gasteiger partial charge is 0.460 e. The minimum Gasteiger partial charge on any atom is -0.460 e. The third-order valence-corrected chi connectivity index (χ3v) is 5.42. The van der Waals surface area contributed by atoms with Crippen molar-refractivity contribution >= 4 is 22.8 Å². The van der Waals surface area contributed by atoms with E-state index in [4.69, 9.17) is 8.92 Å². The molecule has 1 heterocycles. The molecular weight excluding hydrogens is 390 g/mol. The fraction of sp³-hybridized carbons (Fsp3) is 0.182. The van der Waals surface area contributed by atoms with Gasteiger partial charge in [-0.1, -0.05) is 30.3 Å². The Hall–Kier alpha value is -3.03. The van der Waals surface area contributed by atoms with E-state index in [2.05, 4.69) is 0 Å². The van der Waals surface area contributed by atoms with Crippen molar-refractivity contribution in [1.82, 2.24) is 4.57 Å². The molecule has 1 aromatic heterocycles. The van der Waals surface area contributed by atoms with E-state index in [9.17, 15) is 13.8 Å². The van der Waals surface area contributed by atoms with Crippen LogP contribution in [-0.4, -0.2) is 34.2 Å². The monoisotopic (exact) mass is 411 g/mol. The zero-order chi connectivity index (χ0) is 21.0. The lowest BCUT2D eigenvalue weighted by molar-refractivity contribution is -0.137. The van der Waals surface area contributed by atoms with Gasteiger partial charge >= 0.3 is 5.97 Å². The van der Waals surface area contributed by atoms with Gasteiger partial charge < -0.3 is 9.30 Å². The van der Waals surface area contributed by atoms with Gasteiger partial charge in [-0.2, -0.15) is 0 Å². The molecule has 0 spiro atoms. The van der Waals surface area contributed by atoms with E-state index in [0.29, 0.717) is 10.6 Å². The molecule has 29 heavy (non-hydrogen) atoms. The number of esters is 1. The Bertz CT molecular complexity index is 1050. The Morgan fingerprint density at radius 2 is 1.69 bits per heavy atom. The summed E-state index contributed by atoms with van der Waals surface area (Å²) in [7, 11) is 1.38. The topological polar surface area (TPSA) is 74.6 Å². The van der Waals surface area contributed by atoms with Crippen LogP contribution in [0.4, 0.5) is 0 Å². The Balaban J connectivity index is 2.15. The number of ketones is 1. The van der Waals surface area contributed by atoms with Crippen molar-refractivity contribution in [2.75, 3.05) is 13.7 Å². The van der Waals surface area contributed by atoms with Crippen LogP contribution < -0.4 is 0 Å². The van der Waals surface area contributed by atoms with Crippen LogP contribution in [0.3, 0.4) is 0 Å². The lowest BCUT2D eigenvalue weighted by atomic mass is 10.1. The van der Waals surface area contributed by atoms with Gasteiger partial charge in [0.2, 0.25) is 0 Å². The molecule has 1 unspecified atom stereocenters. The highest BCUT2D eigenvalue weighted by atomic mass is 32.2. The maximum Gasteiger partial charge on any atom is 0.379 e. The second kappa shape index (κ2) is 8.98. The first-order valence-corrected chi connectivity index (χ1v) is 10.1. The standard InChI is InChI=1S/C22H21NO5S/c1-4-28-22(25)21(24)19-14-20(16-10-12-18(13-11-16)29(26)27-3)23(15(19)2)17-8-6-5-7-9-17/h5-14H,4H2,1-3H3. The van der Waals surface area contributed by atoms with Gasteiger partial charge in [0, 0.05) is 11.4 Å². The zero-order valence-electron chi connectivity index (χ0n) is 16.4. The Labute approximate surface area is 171 Å². The van der Waals surface area contributed by atoms with Crippen molar-refractivity contribution in [3.05, 3.63) is 71.9 Å². The average Bonchev–Trinajstić information content (AvgIpc) is 3.10. The number of nitrogens with zero attached hydrogens (tertiary/aromatic N) is 1. The van der Waals surface area contributed by atoms with Gasteiger partial charge in [-0.15, -0.1) is 0 Å². The van der Waals surface area contributed by atoms with E-state index in [1.165, 1.54) is 7.11 Å². The molecule has 0 fully saturated rings. The predicted octanol–water partition coefficient (Wildman–Crippen LogP) is 3.87. The van der Waals surface area contributed by atoms with Crippen molar-refractivity contribution in [2.45, 2.75) is 18.7 Å². The Morgan fingerprint density at radius 3 is 2.28 bits per heavy atom. The van der Waals surface area contributed by atoms with Crippen molar-refractivity contribution in [3.8, 4) is 16.9 Å². The molecule has 3 aromatic rings. The summed E-state index contributed by atoms with van der Waals surface area (Å²) >= 11 is -1.53. The van der Waals surface area contributed by atoms with E-state index >= 15 is 0 Å². The molecule has 150 valence electrons. The third kappa shape index (κ3) is 4.21. The smallest absolute Gasteiger partial charge is 0.379 e. The summed E-state index contributed by atoms with van der Waals surface area (Å²) in [6.07, 6.45) is 0. The number of hydrogen-bond donors (Lipinski definition) is 0. The summed E-state index contributed by atoms with van der Waals surface area (Å²) in [5.74, 6) is -1.56. The van der Waals surface area contributed by atoms with Crippen LogP contribution in [0.25, 0.3) is 16.9 Å². The maximum atomic E-state index is 12.6. The van der Waals surface area contributed by atoms with Crippen LogP contribution in [0.15, 0.2) is 65.6 Å². The quantitative estimate of drug-likeness (QED) is 0.335. The highest BCUT2D eigenvalue weighted by Crippen LogP contribution is 2.30. The minimum absolute atomic E-state index is 0.133. The summed E-state index contributed by atoms with van der Waals surface area (Å²) in [4.78, 5) is 25.2. The second-order valence-electron chi connectivity index (χ2n) is 6.17. The first-order valence-electron chi connectivity index (χ1n) is 9.03. The Morgan fingerprint density at radius 1 is 1.03 bits per heavy atom. The molecule has 7 heteroatoms. The van der Waals surface area contributed by atoms with Gasteiger partial charge in [0.15, 0.2) is 11.1 Å². The van der Waals surface area contributed by atoms with Gasteiger partial charge in [-0.3, -0.25) is 8.98 Å². The predicted molar refractivity (Wildman–Crippen MR) is 110 cm³/mol. The zero-order valence-corrected chi connectivity index (χ0v) is 17.2. The van der Waals surface area contributed by atoms with E-state index in [1.807, 2.05) is 34.9 Å². The highest BCUT2D eigenvalue weighted by molar-refractivity contribution is 7.80. The molecule has 0 aliphatic heterocycles. The summed E-state index contributed by atoms with van der Waals surface area (Å²) in [5.41, 5.74) is 3.31. The number of Topliss-reactive ketones (excluding diaryl/α,β-unsaturated/α-hetero) is 1. The number of para-hydroxylation sites is 1. The van der Waals surface area contributed by atoms with E-state index in [-0.39, 0.29) is 12.2 Å². The summed E-state index contributed by atoms with van der Waals surface area (Å²) in [5, 5.41) is 0. The molecule has 0 amide bonds. The van der Waals surface area contributed by atoms with E-state index < -0.39 is 22.8 Å². The van der Waals surface area contributed by atoms with Crippen molar-refractivity contribution < 1.29 is 22.7 Å². The summed E-state index contributed by atoms with van der Waals surface area (Å²) in [6.45, 7) is 3.58. The molecule has 1 atom stereocenters. The molecule has 0 saturated carbocycles. The van der Waals surface area contributed by atoms with Crippen LogP contribution in [0.1, 0.15) is 23.0 Å². The Kier molecular flexibility index (Phi) is 6.41. The first kappa shape index (κ1) is 20.7. The number of carbonyl (C=O) groups is 2. The van der Waals surface area contributed by atoms with Crippen molar-refractivity contribution in [2.24, 2.45) is 0 Å². The number of aromatic nitrogens is 1. The van der Waals surface area contributed by atoms with Crippen LogP contribution in [-0.2, 0) is 24.8 Å². The average molecular weight is 411 g/mol.